The van der Waals surface area contributed by atoms with E-state index >= 15 is 0 Å². The van der Waals surface area contributed by atoms with E-state index in [1.54, 1.807) is 31.4 Å². The van der Waals surface area contributed by atoms with Gasteiger partial charge < -0.3 is 24.6 Å². The smallest absolute Gasteiger partial charge is 0.295 e. The van der Waals surface area contributed by atoms with Crippen molar-refractivity contribution >= 4 is 17.4 Å². The van der Waals surface area contributed by atoms with Crippen molar-refractivity contribution in [3.05, 3.63) is 70.8 Å². The number of rotatable bonds is 8. The largest absolute Gasteiger partial charge is 0.507 e. The first-order chi connectivity index (χ1) is 15.7. The fourth-order valence-corrected chi connectivity index (χ4v) is 3.86. The average Bonchev–Trinajstić information content (AvgIpc) is 3.06. The van der Waals surface area contributed by atoms with Crippen LogP contribution in [0.5, 0.6) is 5.75 Å². The maximum Gasteiger partial charge on any atom is 0.295 e. The third-order valence-electron chi connectivity index (χ3n) is 5.71. The Balaban J connectivity index is 2.06. The van der Waals surface area contributed by atoms with Crippen LogP contribution in [0.3, 0.4) is 0 Å². The predicted octanol–water partition coefficient (Wildman–Crippen LogP) is 3.42. The molecule has 1 unspecified atom stereocenters. The molecule has 1 heterocycles. The number of ketones is 1. The molecule has 1 aliphatic heterocycles. The van der Waals surface area contributed by atoms with Crippen molar-refractivity contribution in [2.24, 2.45) is 0 Å². The Bertz CT molecular complexity index is 1020. The number of likely N-dealkylation sites (tertiary alicyclic amines) is 1. The van der Waals surface area contributed by atoms with Crippen LogP contribution in [0.2, 0.25) is 0 Å². The van der Waals surface area contributed by atoms with Gasteiger partial charge in [-0.2, -0.15) is 0 Å². The number of benzene rings is 2. The highest BCUT2D eigenvalue weighted by Gasteiger charge is 2.45. The molecule has 0 saturated carbocycles. The molecule has 7 heteroatoms. The summed E-state index contributed by atoms with van der Waals surface area (Å²) < 4.78 is 10.5. The maximum absolute atomic E-state index is 13.0. The Labute approximate surface area is 194 Å². The van der Waals surface area contributed by atoms with Crippen molar-refractivity contribution in [3.63, 3.8) is 0 Å². The molecular formula is C26H31NO6. The van der Waals surface area contributed by atoms with Gasteiger partial charge in [0.15, 0.2) is 0 Å². The number of carbonyl (C=O) groups excluding carboxylic acids is 2. The second kappa shape index (κ2) is 10.2. The van der Waals surface area contributed by atoms with Crippen LogP contribution in [0.1, 0.15) is 43.5 Å². The van der Waals surface area contributed by atoms with Gasteiger partial charge >= 0.3 is 0 Å². The van der Waals surface area contributed by atoms with Gasteiger partial charge in [-0.05, 0) is 40.8 Å². The van der Waals surface area contributed by atoms with Crippen molar-refractivity contribution in [1.82, 2.24) is 4.90 Å². The molecule has 7 nitrogen and oxygen atoms in total. The van der Waals surface area contributed by atoms with Crippen LogP contribution in [0.15, 0.2) is 54.1 Å². The number of ether oxygens (including phenoxy) is 2. The van der Waals surface area contributed by atoms with Gasteiger partial charge in [0.05, 0.1) is 38.5 Å². The van der Waals surface area contributed by atoms with Crippen LogP contribution in [-0.2, 0) is 19.7 Å². The molecule has 2 N–H and O–H groups in total. The van der Waals surface area contributed by atoms with E-state index in [9.17, 15) is 14.7 Å². The molecular weight excluding hydrogens is 422 g/mol. The Kier molecular flexibility index (Phi) is 7.56. The van der Waals surface area contributed by atoms with Gasteiger partial charge in [-0.1, -0.05) is 45.0 Å². The molecule has 176 valence electrons. The first-order valence-electron chi connectivity index (χ1n) is 10.9. The Morgan fingerprint density at radius 2 is 1.64 bits per heavy atom. The maximum atomic E-state index is 13.0. The fourth-order valence-electron chi connectivity index (χ4n) is 3.86. The van der Waals surface area contributed by atoms with Crippen molar-refractivity contribution in [2.75, 3.05) is 33.5 Å². The summed E-state index contributed by atoms with van der Waals surface area (Å²) in [7, 11) is 1.54. The summed E-state index contributed by atoms with van der Waals surface area (Å²) in [6, 6.07) is 13.6. The molecule has 0 spiro atoms. The first-order valence-corrected chi connectivity index (χ1v) is 10.9. The number of carbonyl (C=O) groups is 2. The molecule has 0 aromatic heterocycles. The minimum Gasteiger partial charge on any atom is -0.507 e. The normalized spacial score (nSPS) is 18.1. The minimum absolute atomic E-state index is 0.0378. The summed E-state index contributed by atoms with van der Waals surface area (Å²) >= 11 is 0. The Morgan fingerprint density at radius 1 is 1.00 bits per heavy atom. The highest BCUT2D eigenvalue weighted by atomic mass is 16.5. The number of aliphatic hydroxyl groups excluding tert-OH is 2. The van der Waals surface area contributed by atoms with Crippen molar-refractivity contribution in [3.8, 4) is 5.75 Å². The lowest BCUT2D eigenvalue weighted by molar-refractivity contribution is -0.140. The minimum atomic E-state index is -0.751. The third kappa shape index (κ3) is 5.26. The molecule has 1 aliphatic rings. The summed E-state index contributed by atoms with van der Waals surface area (Å²) in [6.07, 6.45) is 0. The highest BCUT2D eigenvalue weighted by Crippen LogP contribution is 2.40. The molecule has 1 saturated heterocycles. The van der Waals surface area contributed by atoms with E-state index in [0.29, 0.717) is 11.3 Å². The molecule has 0 aliphatic carbocycles. The monoisotopic (exact) mass is 453 g/mol. The standard InChI is InChI=1S/C26H31NO6/c1-26(2,3)19-9-5-17(6-10-19)22-21(23(29)18-7-11-20(32-4)12-8-18)24(30)25(31)27(22)13-15-33-16-14-28/h5-12,22,28-29H,13-16H2,1-4H3. The number of aliphatic hydroxyl groups is 2. The molecule has 0 radical (unpaired) electrons. The molecule has 3 rings (SSSR count). The van der Waals surface area contributed by atoms with E-state index in [1.807, 2.05) is 24.3 Å². The molecule has 1 atom stereocenters. The number of amides is 1. The second-order valence-corrected chi connectivity index (χ2v) is 8.93. The third-order valence-corrected chi connectivity index (χ3v) is 5.71. The second-order valence-electron chi connectivity index (χ2n) is 8.93. The topological polar surface area (TPSA) is 96.3 Å². The number of methoxy groups -OCH3 is 1. The molecule has 1 amide bonds. The summed E-state index contributed by atoms with van der Waals surface area (Å²) in [5, 5.41) is 20.0. The molecule has 2 aromatic carbocycles. The number of hydrogen-bond donors (Lipinski definition) is 2. The number of hydrogen-bond acceptors (Lipinski definition) is 6. The lowest BCUT2D eigenvalue weighted by Crippen LogP contribution is -2.33. The van der Waals surface area contributed by atoms with E-state index in [-0.39, 0.29) is 43.1 Å². The summed E-state index contributed by atoms with van der Waals surface area (Å²) in [4.78, 5) is 27.4. The zero-order valence-corrected chi connectivity index (χ0v) is 19.5. The van der Waals surface area contributed by atoms with Crippen LogP contribution in [0, 0.1) is 0 Å². The lowest BCUT2D eigenvalue weighted by Gasteiger charge is -2.26. The summed E-state index contributed by atoms with van der Waals surface area (Å²) in [5.41, 5.74) is 2.24. The zero-order chi connectivity index (χ0) is 24.2. The van der Waals surface area contributed by atoms with Crippen LogP contribution in [0.25, 0.3) is 5.76 Å². The molecule has 2 aromatic rings. The van der Waals surface area contributed by atoms with E-state index in [2.05, 4.69) is 20.8 Å². The van der Waals surface area contributed by atoms with E-state index < -0.39 is 17.7 Å². The molecule has 0 bridgehead atoms. The average molecular weight is 454 g/mol. The summed E-state index contributed by atoms with van der Waals surface area (Å²) in [6.45, 7) is 6.64. The van der Waals surface area contributed by atoms with Crippen molar-refractivity contribution < 1.29 is 29.3 Å². The molecule has 33 heavy (non-hydrogen) atoms. The van der Waals surface area contributed by atoms with Crippen LogP contribution in [0.4, 0.5) is 0 Å². The van der Waals surface area contributed by atoms with Gasteiger partial charge in [0.1, 0.15) is 11.5 Å². The van der Waals surface area contributed by atoms with Gasteiger partial charge in [0, 0.05) is 12.1 Å². The quantitative estimate of drug-likeness (QED) is 0.275. The van der Waals surface area contributed by atoms with Crippen LogP contribution < -0.4 is 4.74 Å². The van der Waals surface area contributed by atoms with Gasteiger partial charge in [-0.25, -0.2) is 0 Å². The Hall–Kier alpha value is -3.16. The van der Waals surface area contributed by atoms with E-state index in [1.165, 1.54) is 4.90 Å². The predicted molar refractivity (Wildman–Crippen MR) is 125 cm³/mol. The molecule has 1 fully saturated rings. The zero-order valence-electron chi connectivity index (χ0n) is 19.5. The van der Waals surface area contributed by atoms with Crippen LogP contribution >= 0.6 is 0 Å². The van der Waals surface area contributed by atoms with Crippen molar-refractivity contribution in [1.29, 1.82) is 0 Å². The van der Waals surface area contributed by atoms with Gasteiger partial charge in [-0.15, -0.1) is 0 Å². The van der Waals surface area contributed by atoms with Crippen molar-refractivity contribution in [2.45, 2.75) is 32.2 Å². The van der Waals surface area contributed by atoms with Crippen LogP contribution in [-0.4, -0.2) is 60.3 Å². The Morgan fingerprint density at radius 3 is 2.18 bits per heavy atom. The van der Waals surface area contributed by atoms with Gasteiger partial charge in [0.2, 0.25) is 0 Å². The fraction of sp³-hybridized carbons (Fsp3) is 0.385. The van der Waals surface area contributed by atoms with E-state index in [4.69, 9.17) is 14.6 Å². The highest BCUT2D eigenvalue weighted by molar-refractivity contribution is 6.46. The van der Waals surface area contributed by atoms with E-state index in [0.717, 1.165) is 11.1 Å². The first kappa shape index (κ1) is 24.5. The SMILES string of the molecule is COc1ccc(C(O)=C2C(=O)C(=O)N(CCOCCO)C2c2ccc(C(C)(C)C)cc2)cc1. The number of Topliss-reactive ketones (excluding diaryl/α,β-unsaturated/α-hetero) is 1. The summed E-state index contributed by atoms with van der Waals surface area (Å²) in [5.74, 6) is -1.06. The van der Waals surface area contributed by atoms with Gasteiger partial charge in [0.25, 0.3) is 11.7 Å². The van der Waals surface area contributed by atoms with Gasteiger partial charge in [-0.3, -0.25) is 9.59 Å². The lowest BCUT2D eigenvalue weighted by atomic mass is 9.85. The number of nitrogens with zero attached hydrogens (tertiary/aromatic N) is 1.